The van der Waals surface area contributed by atoms with Crippen molar-refractivity contribution in [3.63, 3.8) is 0 Å². The third-order valence-corrected chi connectivity index (χ3v) is 4.19. The molecule has 17 heavy (non-hydrogen) atoms. The summed E-state index contributed by atoms with van der Waals surface area (Å²) in [5.41, 5.74) is -0.395. The molecule has 2 atom stereocenters. The Morgan fingerprint density at radius 1 is 1.35 bits per heavy atom. The Kier molecular flexibility index (Phi) is 4.23. The molecule has 1 aliphatic heterocycles. The van der Waals surface area contributed by atoms with Crippen LogP contribution in [-0.2, 0) is 4.79 Å². The molecule has 0 N–H and O–H groups in total. The predicted octanol–water partition coefficient (Wildman–Crippen LogP) is 2.84. The Labute approximate surface area is 105 Å². The second-order valence-electron chi connectivity index (χ2n) is 5.55. The van der Waals surface area contributed by atoms with Crippen molar-refractivity contribution in [1.82, 2.24) is 9.80 Å². The van der Waals surface area contributed by atoms with Crippen LogP contribution in [0.25, 0.3) is 0 Å². The Balaban J connectivity index is 2.68. The van der Waals surface area contributed by atoms with E-state index in [-0.39, 0.29) is 5.91 Å². The fraction of sp³-hybridized carbons (Fsp3) is 0.786. The van der Waals surface area contributed by atoms with E-state index in [0.29, 0.717) is 5.92 Å². The molecule has 0 radical (unpaired) electrons. The second kappa shape index (κ2) is 5.11. The molecule has 0 aromatic rings. The van der Waals surface area contributed by atoms with Gasteiger partial charge in [0.25, 0.3) is 5.91 Å². The molecule has 1 rings (SSSR count). The second-order valence-corrected chi connectivity index (χ2v) is 5.55. The van der Waals surface area contributed by atoms with Crippen LogP contribution in [0.5, 0.6) is 0 Å². The van der Waals surface area contributed by atoms with E-state index in [2.05, 4.69) is 20.4 Å². The number of carbonyl (C=O) groups excluding carboxylic acids is 1. The molecule has 1 aliphatic rings. The Hall–Kier alpha value is -0.990. The number of hydrogen-bond acceptors (Lipinski definition) is 2. The lowest BCUT2D eigenvalue weighted by atomic mass is 9.89. The van der Waals surface area contributed by atoms with Gasteiger partial charge in [-0.3, -0.25) is 4.79 Å². The van der Waals surface area contributed by atoms with Gasteiger partial charge in [-0.15, -0.1) is 0 Å². The highest BCUT2D eigenvalue weighted by atomic mass is 16.2. The van der Waals surface area contributed by atoms with E-state index in [4.69, 9.17) is 0 Å². The maximum atomic E-state index is 12.2. The lowest BCUT2D eigenvalue weighted by molar-refractivity contribution is -0.132. The van der Waals surface area contributed by atoms with Crippen molar-refractivity contribution in [2.75, 3.05) is 14.1 Å². The Morgan fingerprint density at radius 2 is 1.94 bits per heavy atom. The van der Waals surface area contributed by atoms with Gasteiger partial charge in [-0.1, -0.05) is 33.3 Å². The molecule has 0 aromatic heterocycles. The topological polar surface area (TPSA) is 23.6 Å². The van der Waals surface area contributed by atoms with E-state index in [0.717, 1.165) is 18.7 Å². The summed E-state index contributed by atoms with van der Waals surface area (Å²) >= 11 is 0. The molecule has 0 spiro atoms. The van der Waals surface area contributed by atoms with Gasteiger partial charge in [0.15, 0.2) is 0 Å². The van der Waals surface area contributed by atoms with Gasteiger partial charge in [-0.25, -0.2) is 0 Å². The van der Waals surface area contributed by atoms with Gasteiger partial charge in [-0.05, 0) is 25.7 Å². The first-order valence-electron chi connectivity index (χ1n) is 6.55. The zero-order valence-electron chi connectivity index (χ0n) is 11.9. The molecule has 0 saturated carbocycles. The number of nitrogens with zero attached hydrogens (tertiary/aromatic N) is 2. The summed E-state index contributed by atoms with van der Waals surface area (Å²) in [6.07, 6.45) is 4.47. The van der Waals surface area contributed by atoms with E-state index in [1.165, 1.54) is 12.8 Å². The van der Waals surface area contributed by atoms with Crippen LogP contribution in [0.15, 0.2) is 12.4 Å². The van der Waals surface area contributed by atoms with Crippen LogP contribution in [-0.4, -0.2) is 35.3 Å². The van der Waals surface area contributed by atoms with E-state index in [9.17, 15) is 4.79 Å². The molecule has 3 heteroatoms. The maximum Gasteiger partial charge on any atom is 0.253 e. The van der Waals surface area contributed by atoms with Gasteiger partial charge in [0.2, 0.25) is 0 Å². The van der Waals surface area contributed by atoms with Crippen molar-refractivity contribution in [3.05, 3.63) is 12.4 Å². The van der Waals surface area contributed by atoms with E-state index >= 15 is 0 Å². The summed E-state index contributed by atoms with van der Waals surface area (Å²) in [7, 11) is 3.77. The molecule has 0 bridgehead atoms. The molecule has 1 fully saturated rings. The van der Waals surface area contributed by atoms with E-state index < -0.39 is 5.54 Å². The molecule has 98 valence electrons. The zero-order valence-corrected chi connectivity index (χ0v) is 11.9. The van der Waals surface area contributed by atoms with Crippen molar-refractivity contribution in [3.8, 4) is 0 Å². The summed E-state index contributed by atoms with van der Waals surface area (Å²) in [4.78, 5) is 15.9. The number of likely N-dealkylation sites (N-methyl/N-ethyl adjacent to an activating group) is 2. The standard InChI is InChI=1S/C14H26N2O/c1-7-8-11(2)9-10-14(4)13(17)15(5)12(3)16(14)6/h11H,3,7-10H2,1-2,4-6H3. The minimum Gasteiger partial charge on any atom is -0.347 e. The van der Waals surface area contributed by atoms with Gasteiger partial charge in [0.1, 0.15) is 11.4 Å². The smallest absolute Gasteiger partial charge is 0.253 e. The quantitative estimate of drug-likeness (QED) is 0.735. The van der Waals surface area contributed by atoms with Crippen LogP contribution < -0.4 is 0 Å². The fourth-order valence-corrected chi connectivity index (χ4v) is 2.57. The average Bonchev–Trinajstić information content (AvgIpc) is 2.44. The molecular formula is C14H26N2O. The van der Waals surface area contributed by atoms with Crippen molar-refractivity contribution < 1.29 is 4.79 Å². The summed E-state index contributed by atoms with van der Waals surface area (Å²) in [5, 5.41) is 0. The first-order chi connectivity index (χ1) is 7.84. The monoisotopic (exact) mass is 238 g/mol. The van der Waals surface area contributed by atoms with Crippen molar-refractivity contribution in [2.24, 2.45) is 5.92 Å². The normalized spacial score (nSPS) is 26.9. The zero-order chi connectivity index (χ0) is 13.2. The number of amides is 1. The molecule has 1 amide bonds. The number of hydrogen-bond donors (Lipinski definition) is 0. The van der Waals surface area contributed by atoms with Gasteiger partial charge in [0.05, 0.1) is 0 Å². The van der Waals surface area contributed by atoms with Crippen LogP contribution >= 0.6 is 0 Å². The van der Waals surface area contributed by atoms with Crippen LogP contribution in [0, 0.1) is 5.92 Å². The van der Waals surface area contributed by atoms with Crippen molar-refractivity contribution in [2.45, 2.75) is 52.0 Å². The summed E-state index contributed by atoms with van der Waals surface area (Å²) in [5.74, 6) is 1.67. The van der Waals surface area contributed by atoms with Crippen LogP contribution in [0.1, 0.15) is 46.5 Å². The van der Waals surface area contributed by atoms with Crippen LogP contribution in [0.4, 0.5) is 0 Å². The SMILES string of the molecule is C=C1N(C)C(=O)C(C)(CCC(C)CCC)N1C. The fourth-order valence-electron chi connectivity index (χ4n) is 2.57. The van der Waals surface area contributed by atoms with Crippen LogP contribution in [0.2, 0.25) is 0 Å². The molecule has 0 aromatic carbocycles. The molecule has 1 saturated heterocycles. The predicted molar refractivity (Wildman–Crippen MR) is 71.4 cm³/mol. The van der Waals surface area contributed by atoms with Gasteiger partial charge < -0.3 is 9.80 Å². The number of rotatable bonds is 5. The highest BCUT2D eigenvalue weighted by molar-refractivity contribution is 5.90. The van der Waals surface area contributed by atoms with E-state index in [1.807, 2.05) is 25.9 Å². The summed E-state index contributed by atoms with van der Waals surface area (Å²) in [6.45, 7) is 10.5. The van der Waals surface area contributed by atoms with Crippen LogP contribution in [0.3, 0.4) is 0 Å². The first-order valence-corrected chi connectivity index (χ1v) is 6.55. The van der Waals surface area contributed by atoms with Gasteiger partial charge in [-0.2, -0.15) is 0 Å². The summed E-state index contributed by atoms with van der Waals surface area (Å²) < 4.78 is 0. The highest BCUT2D eigenvalue weighted by Gasteiger charge is 2.47. The average molecular weight is 238 g/mol. The molecular weight excluding hydrogens is 212 g/mol. The third kappa shape index (κ3) is 2.48. The van der Waals surface area contributed by atoms with Gasteiger partial charge >= 0.3 is 0 Å². The maximum absolute atomic E-state index is 12.2. The molecule has 1 heterocycles. The Bertz CT molecular complexity index is 313. The van der Waals surface area contributed by atoms with Gasteiger partial charge in [0, 0.05) is 14.1 Å². The van der Waals surface area contributed by atoms with Crippen molar-refractivity contribution in [1.29, 1.82) is 0 Å². The lowest BCUT2D eigenvalue weighted by Gasteiger charge is -2.31. The molecule has 2 unspecified atom stereocenters. The first kappa shape index (κ1) is 14.1. The minimum absolute atomic E-state index is 0.175. The molecule has 0 aliphatic carbocycles. The number of carbonyl (C=O) groups is 1. The lowest BCUT2D eigenvalue weighted by Crippen LogP contribution is -2.44. The largest absolute Gasteiger partial charge is 0.347 e. The third-order valence-electron chi connectivity index (χ3n) is 4.19. The Morgan fingerprint density at radius 3 is 2.35 bits per heavy atom. The highest BCUT2D eigenvalue weighted by Crippen LogP contribution is 2.35. The minimum atomic E-state index is -0.395. The molecule has 3 nitrogen and oxygen atoms in total. The van der Waals surface area contributed by atoms with Crippen molar-refractivity contribution >= 4 is 5.91 Å². The van der Waals surface area contributed by atoms with E-state index in [1.54, 1.807) is 4.90 Å². The summed E-state index contributed by atoms with van der Waals surface area (Å²) in [6, 6.07) is 0.